The minimum absolute atomic E-state index is 0.0582. The Balaban J connectivity index is 2.71. The molecule has 0 unspecified atom stereocenters. The van der Waals surface area contributed by atoms with Crippen molar-refractivity contribution in [2.24, 2.45) is 0 Å². The van der Waals surface area contributed by atoms with Crippen molar-refractivity contribution in [1.29, 1.82) is 0 Å². The van der Waals surface area contributed by atoms with Gasteiger partial charge in [0.2, 0.25) is 0 Å². The Morgan fingerprint density at radius 3 is 2.75 bits per heavy atom. The molecule has 0 radical (unpaired) electrons. The number of aromatic amines is 1. The molecule has 5 heteroatoms. The van der Waals surface area contributed by atoms with Crippen LogP contribution in [0.3, 0.4) is 0 Å². The molecule has 2 rings (SSSR count). The van der Waals surface area contributed by atoms with Crippen molar-refractivity contribution < 1.29 is 19.4 Å². The van der Waals surface area contributed by atoms with Gasteiger partial charge in [0.25, 0.3) is 0 Å². The lowest BCUT2D eigenvalue weighted by atomic mass is 10.1. The molecule has 0 aliphatic heterocycles. The number of ether oxygens (including phenoxy) is 1. The second-order valence-corrected chi connectivity index (χ2v) is 3.26. The first-order chi connectivity index (χ1) is 7.63. The minimum Gasteiger partial charge on any atom is -0.478 e. The molecule has 0 saturated carbocycles. The Labute approximate surface area is 90.6 Å². The Morgan fingerprint density at radius 2 is 2.12 bits per heavy atom. The zero-order valence-electron chi connectivity index (χ0n) is 8.48. The van der Waals surface area contributed by atoms with Gasteiger partial charge >= 0.3 is 11.9 Å². The number of carbonyl (C=O) groups excluding carboxylic acids is 1. The summed E-state index contributed by atoms with van der Waals surface area (Å²) in [5.41, 5.74) is 0.787. The maximum Gasteiger partial charge on any atom is 0.337 e. The molecule has 0 atom stereocenters. The van der Waals surface area contributed by atoms with Gasteiger partial charge < -0.3 is 14.8 Å². The summed E-state index contributed by atoms with van der Waals surface area (Å²) in [5.74, 6) is -1.64. The first kappa shape index (κ1) is 10.2. The van der Waals surface area contributed by atoms with Crippen LogP contribution in [0.25, 0.3) is 10.9 Å². The molecule has 0 saturated heterocycles. The van der Waals surface area contributed by atoms with Gasteiger partial charge in [-0.3, -0.25) is 0 Å². The summed E-state index contributed by atoms with van der Waals surface area (Å²) in [6, 6.07) is 4.59. The average molecular weight is 219 g/mol. The van der Waals surface area contributed by atoms with Gasteiger partial charge in [0.15, 0.2) is 0 Å². The standard InChI is InChI=1S/C11H9NO4/c1-16-11(15)7-4-6-2-3-12-9(6)8(5-7)10(13)14/h2-5,12H,1H3,(H,13,14). The third kappa shape index (κ3) is 1.52. The molecular formula is C11H9NO4. The molecule has 1 aromatic heterocycles. The molecule has 2 N–H and O–H groups in total. The van der Waals surface area contributed by atoms with Gasteiger partial charge in [0.05, 0.1) is 23.8 Å². The predicted octanol–water partition coefficient (Wildman–Crippen LogP) is 1.65. The van der Waals surface area contributed by atoms with Crippen LogP contribution in [-0.4, -0.2) is 29.1 Å². The fourth-order valence-corrected chi connectivity index (χ4v) is 1.58. The van der Waals surface area contributed by atoms with E-state index in [1.807, 2.05) is 0 Å². The summed E-state index contributed by atoms with van der Waals surface area (Å²) < 4.78 is 4.55. The van der Waals surface area contributed by atoms with Crippen LogP contribution in [0.2, 0.25) is 0 Å². The lowest BCUT2D eigenvalue weighted by Crippen LogP contribution is -2.05. The van der Waals surface area contributed by atoms with Crippen LogP contribution in [0.5, 0.6) is 0 Å². The van der Waals surface area contributed by atoms with E-state index in [-0.39, 0.29) is 11.1 Å². The summed E-state index contributed by atoms with van der Waals surface area (Å²) in [7, 11) is 1.25. The highest BCUT2D eigenvalue weighted by Crippen LogP contribution is 2.20. The molecule has 2 aromatic rings. The van der Waals surface area contributed by atoms with Crippen LogP contribution in [-0.2, 0) is 4.74 Å². The van der Waals surface area contributed by atoms with E-state index in [0.29, 0.717) is 10.9 Å². The Kier molecular flexibility index (Phi) is 2.36. The number of fused-ring (bicyclic) bond motifs is 1. The third-order valence-corrected chi connectivity index (χ3v) is 2.31. The number of carbonyl (C=O) groups is 2. The smallest absolute Gasteiger partial charge is 0.337 e. The van der Waals surface area contributed by atoms with Crippen LogP contribution >= 0.6 is 0 Å². The number of rotatable bonds is 2. The highest BCUT2D eigenvalue weighted by atomic mass is 16.5. The van der Waals surface area contributed by atoms with Gasteiger partial charge in [0, 0.05) is 11.6 Å². The van der Waals surface area contributed by atoms with Gasteiger partial charge in [-0.05, 0) is 18.2 Å². The molecule has 82 valence electrons. The minimum atomic E-state index is -1.08. The zero-order valence-corrected chi connectivity index (χ0v) is 8.48. The number of H-pyrrole nitrogens is 1. The molecular weight excluding hydrogens is 210 g/mol. The SMILES string of the molecule is COC(=O)c1cc(C(=O)O)c2[nH]ccc2c1. The average Bonchev–Trinajstić information content (AvgIpc) is 2.74. The lowest BCUT2D eigenvalue weighted by Gasteiger charge is -2.02. The monoisotopic (exact) mass is 219 g/mol. The van der Waals surface area contributed by atoms with E-state index >= 15 is 0 Å². The van der Waals surface area contributed by atoms with E-state index in [0.717, 1.165) is 0 Å². The van der Waals surface area contributed by atoms with E-state index in [9.17, 15) is 9.59 Å². The fourth-order valence-electron chi connectivity index (χ4n) is 1.58. The number of benzene rings is 1. The molecule has 5 nitrogen and oxygen atoms in total. The van der Waals surface area contributed by atoms with Crippen LogP contribution < -0.4 is 0 Å². The molecule has 0 fully saturated rings. The molecule has 1 aromatic carbocycles. The number of aromatic carboxylic acids is 1. The summed E-state index contributed by atoms with van der Waals surface area (Å²) in [4.78, 5) is 25.2. The molecule has 0 amide bonds. The van der Waals surface area contributed by atoms with E-state index < -0.39 is 11.9 Å². The molecule has 1 heterocycles. The first-order valence-electron chi connectivity index (χ1n) is 4.56. The number of methoxy groups -OCH3 is 1. The van der Waals surface area contributed by atoms with Crippen molar-refractivity contribution in [3.8, 4) is 0 Å². The van der Waals surface area contributed by atoms with E-state index in [2.05, 4.69) is 9.72 Å². The van der Waals surface area contributed by atoms with Crippen molar-refractivity contribution >= 4 is 22.8 Å². The molecule has 0 bridgehead atoms. The third-order valence-electron chi connectivity index (χ3n) is 2.31. The number of hydrogen-bond acceptors (Lipinski definition) is 3. The van der Waals surface area contributed by atoms with Crippen LogP contribution in [0.4, 0.5) is 0 Å². The highest BCUT2D eigenvalue weighted by molar-refractivity contribution is 6.06. The number of aromatic nitrogens is 1. The van der Waals surface area contributed by atoms with Crippen LogP contribution in [0.1, 0.15) is 20.7 Å². The predicted molar refractivity (Wildman–Crippen MR) is 56.6 cm³/mol. The Bertz CT molecular complexity index is 570. The summed E-state index contributed by atoms with van der Waals surface area (Å²) in [6.07, 6.45) is 1.62. The summed E-state index contributed by atoms with van der Waals surface area (Å²) >= 11 is 0. The fraction of sp³-hybridized carbons (Fsp3) is 0.0909. The number of esters is 1. The second kappa shape index (κ2) is 3.69. The number of carboxylic acid groups (broad SMARTS) is 1. The van der Waals surface area contributed by atoms with Gasteiger partial charge in [-0.1, -0.05) is 0 Å². The molecule has 0 aliphatic rings. The summed E-state index contributed by atoms with van der Waals surface area (Å²) in [6.45, 7) is 0. The maximum atomic E-state index is 11.3. The first-order valence-corrected chi connectivity index (χ1v) is 4.56. The molecule has 0 spiro atoms. The number of hydrogen-bond donors (Lipinski definition) is 2. The molecule has 0 aliphatic carbocycles. The van der Waals surface area contributed by atoms with Gasteiger partial charge in [-0.25, -0.2) is 9.59 Å². The largest absolute Gasteiger partial charge is 0.478 e. The van der Waals surface area contributed by atoms with Gasteiger partial charge in [0.1, 0.15) is 0 Å². The number of nitrogens with one attached hydrogen (secondary N) is 1. The van der Waals surface area contributed by atoms with E-state index in [4.69, 9.17) is 5.11 Å². The van der Waals surface area contributed by atoms with E-state index in [1.165, 1.54) is 13.2 Å². The van der Waals surface area contributed by atoms with Crippen molar-refractivity contribution in [1.82, 2.24) is 4.98 Å². The van der Waals surface area contributed by atoms with Gasteiger partial charge in [-0.2, -0.15) is 0 Å². The Morgan fingerprint density at radius 1 is 1.38 bits per heavy atom. The van der Waals surface area contributed by atoms with Crippen molar-refractivity contribution in [3.05, 3.63) is 35.5 Å². The zero-order chi connectivity index (χ0) is 11.7. The second-order valence-electron chi connectivity index (χ2n) is 3.26. The normalized spacial score (nSPS) is 10.3. The van der Waals surface area contributed by atoms with E-state index in [1.54, 1.807) is 18.3 Å². The van der Waals surface area contributed by atoms with Crippen molar-refractivity contribution in [2.75, 3.05) is 7.11 Å². The molecule has 16 heavy (non-hydrogen) atoms. The van der Waals surface area contributed by atoms with Gasteiger partial charge in [-0.15, -0.1) is 0 Å². The van der Waals surface area contributed by atoms with Crippen molar-refractivity contribution in [2.45, 2.75) is 0 Å². The van der Waals surface area contributed by atoms with Crippen LogP contribution in [0, 0.1) is 0 Å². The lowest BCUT2D eigenvalue weighted by molar-refractivity contribution is 0.0601. The van der Waals surface area contributed by atoms with Crippen molar-refractivity contribution in [3.63, 3.8) is 0 Å². The highest BCUT2D eigenvalue weighted by Gasteiger charge is 2.15. The summed E-state index contributed by atoms with van der Waals surface area (Å²) in [5, 5.41) is 9.67. The topological polar surface area (TPSA) is 79.4 Å². The number of carboxylic acids is 1. The van der Waals surface area contributed by atoms with Crippen LogP contribution in [0.15, 0.2) is 24.4 Å². The quantitative estimate of drug-likeness (QED) is 0.752. The Hall–Kier alpha value is -2.30. The maximum absolute atomic E-state index is 11.3.